The molecule has 0 aromatic rings. The molecule has 0 amide bonds. The van der Waals surface area contributed by atoms with Gasteiger partial charge in [0.05, 0.1) is 5.60 Å². The first-order valence-corrected chi connectivity index (χ1v) is 10.7. The van der Waals surface area contributed by atoms with Crippen LogP contribution in [0.4, 0.5) is 0 Å². The predicted octanol–water partition coefficient (Wildman–Crippen LogP) is 4.30. The van der Waals surface area contributed by atoms with Crippen molar-refractivity contribution in [1.29, 1.82) is 0 Å². The fraction of sp³-hybridized carbons (Fsp3) is 1.00. The summed E-state index contributed by atoms with van der Waals surface area (Å²) < 4.78 is 6.69. The second-order valence-corrected chi connectivity index (χ2v) is 13.0. The molecule has 4 atom stereocenters. The minimum Gasteiger partial charge on any atom is -0.411 e. The van der Waals surface area contributed by atoms with Crippen LogP contribution in [0.2, 0.25) is 19.6 Å². The number of hydrogen-bond acceptors (Lipinski definition) is 1. The number of rotatable bonds is 3. The number of fused-ring (bicyclic) bond motifs is 3. The molecule has 1 nitrogen and oxygen atoms in total. The van der Waals surface area contributed by atoms with E-state index in [0.29, 0.717) is 10.8 Å². The van der Waals surface area contributed by atoms with Crippen molar-refractivity contribution in [3.63, 3.8) is 0 Å². The number of hydrogen-bond donors (Lipinski definition) is 0. The van der Waals surface area contributed by atoms with Gasteiger partial charge in [-0.1, -0.05) is 27.7 Å². The third kappa shape index (κ3) is 1.24. The summed E-state index contributed by atoms with van der Waals surface area (Å²) in [6.45, 7) is 16.9. The Morgan fingerprint density at radius 3 is 2.06 bits per heavy atom. The van der Waals surface area contributed by atoms with E-state index in [4.69, 9.17) is 4.43 Å². The highest BCUT2D eigenvalue weighted by molar-refractivity contribution is 6.69. The van der Waals surface area contributed by atoms with E-state index in [1.54, 1.807) is 0 Å². The van der Waals surface area contributed by atoms with Crippen LogP contribution in [0.1, 0.15) is 40.5 Å². The molecule has 0 heterocycles. The summed E-state index contributed by atoms with van der Waals surface area (Å²) in [6, 6.07) is 0. The van der Waals surface area contributed by atoms with Crippen molar-refractivity contribution >= 4 is 8.32 Å². The van der Waals surface area contributed by atoms with Gasteiger partial charge in [-0.05, 0) is 61.1 Å². The molecule has 0 saturated heterocycles. The van der Waals surface area contributed by atoms with Gasteiger partial charge in [0.25, 0.3) is 0 Å². The standard InChI is InChI=1S/C15H28OSi/c1-10(2)14-8-11(14)13(3,4)15(9-12(14)15)16-17(5,6)7/h10-12H,8-9H2,1-7H3/t11-,12+,14+,15+/m1/s1. The van der Waals surface area contributed by atoms with Gasteiger partial charge in [-0.25, -0.2) is 0 Å². The van der Waals surface area contributed by atoms with Crippen LogP contribution in [0.25, 0.3) is 0 Å². The molecular formula is C15H28OSi. The van der Waals surface area contributed by atoms with Crippen molar-refractivity contribution in [1.82, 2.24) is 0 Å². The minimum atomic E-state index is -1.42. The zero-order valence-electron chi connectivity index (χ0n) is 12.6. The van der Waals surface area contributed by atoms with E-state index in [2.05, 4.69) is 47.3 Å². The Bertz CT molecular complexity index is 368. The summed E-state index contributed by atoms with van der Waals surface area (Å²) in [5.74, 6) is 2.65. The lowest BCUT2D eigenvalue weighted by atomic mass is 9.80. The summed E-state index contributed by atoms with van der Waals surface area (Å²) in [7, 11) is -1.42. The van der Waals surface area contributed by atoms with Gasteiger partial charge in [-0.15, -0.1) is 0 Å². The first kappa shape index (κ1) is 12.2. The summed E-state index contributed by atoms with van der Waals surface area (Å²) in [6.07, 6.45) is 2.82. The quantitative estimate of drug-likeness (QED) is 0.681. The molecule has 2 heteroatoms. The van der Waals surface area contributed by atoms with Crippen LogP contribution >= 0.6 is 0 Å². The van der Waals surface area contributed by atoms with Gasteiger partial charge >= 0.3 is 0 Å². The first-order chi connectivity index (χ1) is 7.58. The van der Waals surface area contributed by atoms with Crippen molar-refractivity contribution in [3.8, 4) is 0 Å². The van der Waals surface area contributed by atoms with Gasteiger partial charge in [-0.3, -0.25) is 0 Å². The molecular weight excluding hydrogens is 224 g/mol. The van der Waals surface area contributed by atoms with Crippen LogP contribution in [0, 0.1) is 28.6 Å². The molecule has 98 valence electrons. The molecule has 0 aromatic heterocycles. The smallest absolute Gasteiger partial charge is 0.184 e. The molecule has 3 saturated carbocycles. The zero-order chi connectivity index (χ0) is 12.9. The second kappa shape index (κ2) is 2.85. The van der Waals surface area contributed by atoms with Crippen molar-refractivity contribution < 1.29 is 4.43 Å². The van der Waals surface area contributed by atoms with Crippen molar-refractivity contribution in [2.24, 2.45) is 28.6 Å². The Balaban J connectivity index is 1.93. The molecule has 3 aliphatic rings. The van der Waals surface area contributed by atoms with Crippen LogP contribution < -0.4 is 0 Å². The first-order valence-electron chi connectivity index (χ1n) is 7.28. The van der Waals surface area contributed by atoms with E-state index in [1.807, 2.05) is 0 Å². The van der Waals surface area contributed by atoms with Crippen molar-refractivity contribution in [2.75, 3.05) is 0 Å². The maximum Gasteiger partial charge on any atom is 0.184 e. The average molecular weight is 252 g/mol. The molecule has 17 heavy (non-hydrogen) atoms. The van der Waals surface area contributed by atoms with Gasteiger partial charge < -0.3 is 4.43 Å². The summed E-state index contributed by atoms with van der Waals surface area (Å²) >= 11 is 0. The maximum absolute atomic E-state index is 6.69. The van der Waals surface area contributed by atoms with Crippen LogP contribution in [-0.4, -0.2) is 13.9 Å². The van der Waals surface area contributed by atoms with E-state index < -0.39 is 8.32 Å². The molecule has 0 bridgehead atoms. The molecule has 0 N–H and O–H groups in total. The van der Waals surface area contributed by atoms with E-state index in [-0.39, 0.29) is 5.60 Å². The Morgan fingerprint density at radius 1 is 1.06 bits per heavy atom. The SMILES string of the molecule is CC(C)[C@@]12C[C@@H]1C(C)(C)[C@]1(O[Si](C)(C)C)C[C@@H]21. The fourth-order valence-corrected chi connectivity index (χ4v) is 6.89. The molecule has 0 aliphatic heterocycles. The molecule has 3 fully saturated rings. The second-order valence-electron chi connectivity index (χ2n) is 8.61. The lowest BCUT2D eigenvalue weighted by molar-refractivity contribution is 0.0336. The monoisotopic (exact) mass is 252 g/mol. The van der Waals surface area contributed by atoms with E-state index in [0.717, 1.165) is 17.8 Å². The van der Waals surface area contributed by atoms with Crippen molar-refractivity contribution in [2.45, 2.75) is 65.8 Å². The highest BCUT2D eigenvalue weighted by atomic mass is 28.4. The van der Waals surface area contributed by atoms with Gasteiger partial charge in [0.1, 0.15) is 0 Å². The van der Waals surface area contributed by atoms with E-state index >= 15 is 0 Å². The summed E-state index contributed by atoms with van der Waals surface area (Å²) in [4.78, 5) is 0. The van der Waals surface area contributed by atoms with Gasteiger partial charge in [0.15, 0.2) is 8.32 Å². The molecule has 0 unspecified atom stereocenters. The lowest BCUT2D eigenvalue weighted by Gasteiger charge is -2.38. The highest BCUT2D eigenvalue weighted by Gasteiger charge is 2.88. The zero-order valence-corrected chi connectivity index (χ0v) is 13.6. The third-order valence-electron chi connectivity index (χ3n) is 6.13. The van der Waals surface area contributed by atoms with Gasteiger partial charge in [-0.2, -0.15) is 0 Å². The maximum atomic E-state index is 6.69. The average Bonchev–Trinajstić information content (AvgIpc) is 2.88. The Hall–Kier alpha value is 0.177. The normalized spacial score (nSPS) is 50.1. The molecule has 0 spiro atoms. The largest absolute Gasteiger partial charge is 0.411 e. The Kier molecular flexibility index (Phi) is 2.05. The molecule has 3 aliphatic carbocycles. The predicted molar refractivity (Wildman–Crippen MR) is 74.4 cm³/mol. The molecule has 3 rings (SSSR count). The topological polar surface area (TPSA) is 9.23 Å². The van der Waals surface area contributed by atoms with Crippen LogP contribution in [0.15, 0.2) is 0 Å². The van der Waals surface area contributed by atoms with Gasteiger partial charge in [0, 0.05) is 0 Å². The highest BCUT2D eigenvalue weighted by Crippen LogP contribution is 2.88. The molecule has 0 aromatic carbocycles. The Labute approximate surface area is 107 Å². The van der Waals surface area contributed by atoms with Crippen LogP contribution in [0.3, 0.4) is 0 Å². The third-order valence-corrected chi connectivity index (χ3v) is 7.11. The fourth-order valence-electron chi connectivity index (χ4n) is 5.31. The minimum absolute atomic E-state index is 0.269. The summed E-state index contributed by atoms with van der Waals surface area (Å²) in [5, 5.41) is 0. The van der Waals surface area contributed by atoms with Crippen LogP contribution in [0.5, 0.6) is 0 Å². The molecule has 0 radical (unpaired) electrons. The Morgan fingerprint density at radius 2 is 1.65 bits per heavy atom. The van der Waals surface area contributed by atoms with E-state index in [9.17, 15) is 0 Å². The van der Waals surface area contributed by atoms with E-state index in [1.165, 1.54) is 12.8 Å². The van der Waals surface area contributed by atoms with Crippen molar-refractivity contribution in [3.05, 3.63) is 0 Å². The van der Waals surface area contributed by atoms with Gasteiger partial charge in [0.2, 0.25) is 0 Å². The lowest BCUT2D eigenvalue weighted by Crippen LogP contribution is -2.43. The van der Waals surface area contributed by atoms with Crippen LogP contribution in [-0.2, 0) is 4.43 Å². The summed E-state index contributed by atoms with van der Waals surface area (Å²) in [5.41, 5.74) is 1.34.